The van der Waals surface area contributed by atoms with Crippen LogP contribution in [0.4, 0.5) is 0 Å². The molecule has 0 bridgehead atoms. The fourth-order valence-corrected chi connectivity index (χ4v) is 1.36. The van der Waals surface area contributed by atoms with Crippen molar-refractivity contribution in [3.63, 3.8) is 0 Å². The lowest BCUT2D eigenvalue weighted by atomic mass is 10.1. The van der Waals surface area contributed by atoms with Gasteiger partial charge >= 0.3 is 0 Å². The van der Waals surface area contributed by atoms with Gasteiger partial charge in [-0.3, -0.25) is 0 Å². The Labute approximate surface area is 89.6 Å². The summed E-state index contributed by atoms with van der Waals surface area (Å²) >= 11 is 5.72. The first-order valence-corrected chi connectivity index (χ1v) is 5.06. The second-order valence-corrected chi connectivity index (χ2v) is 3.26. The molecule has 0 aliphatic rings. The van der Waals surface area contributed by atoms with E-state index in [0.29, 0.717) is 12.3 Å². The minimum atomic E-state index is 0.481. The molecular formula is C12H12ClN. The van der Waals surface area contributed by atoms with Crippen LogP contribution in [0.15, 0.2) is 36.4 Å². The lowest BCUT2D eigenvalue weighted by Gasteiger charge is -1.99. The summed E-state index contributed by atoms with van der Waals surface area (Å²) in [7, 11) is 0. The summed E-state index contributed by atoms with van der Waals surface area (Å²) < 4.78 is 0. The van der Waals surface area contributed by atoms with Crippen LogP contribution in [0.5, 0.6) is 0 Å². The predicted octanol–water partition coefficient (Wildman–Crippen LogP) is 3.44. The Morgan fingerprint density at radius 3 is 2.79 bits per heavy atom. The summed E-state index contributed by atoms with van der Waals surface area (Å²) in [6, 6.07) is 10.2. The highest BCUT2D eigenvalue weighted by Gasteiger charge is 1.92. The zero-order chi connectivity index (χ0) is 10.2. The number of allylic oxidation sites excluding steroid dienone is 2. The van der Waals surface area contributed by atoms with Crippen LogP contribution in [0.2, 0.25) is 0 Å². The van der Waals surface area contributed by atoms with Crippen molar-refractivity contribution in [3.05, 3.63) is 47.5 Å². The van der Waals surface area contributed by atoms with Crippen LogP contribution >= 0.6 is 11.6 Å². The molecule has 0 N–H and O–H groups in total. The number of hydrogen-bond donors (Lipinski definition) is 0. The molecule has 1 aromatic carbocycles. The SMILES string of the molecule is N#CC/C=C/Cc1cccc(CCl)c1. The van der Waals surface area contributed by atoms with Crippen molar-refractivity contribution in [1.82, 2.24) is 0 Å². The monoisotopic (exact) mass is 205 g/mol. The van der Waals surface area contributed by atoms with Gasteiger partial charge < -0.3 is 0 Å². The third-order valence-corrected chi connectivity index (χ3v) is 2.18. The topological polar surface area (TPSA) is 23.8 Å². The normalized spacial score (nSPS) is 10.3. The van der Waals surface area contributed by atoms with Gasteiger partial charge in [0.15, 0.2) is 0 Å². The Kier molecular flexibility index (Phi) is 4.82. The van der Waals surface area contributed by atoms with E-state index >= 15 is 0 Å². The molecular weight excluding hydrogens is 194 g/mol. The fourth-order valence-electron chi connectivity index (χ4n) is 1.20. The average molecular weight is 206 g/mol. The molecule has 0 aliphatic carbocycles. The van der Waals surface area contributed by atoms with Crippen molar-refractivity contribution in [1.29, 1.82) is 5.26 Å². The maximum Gasteiger partial charge on any atom is 0.0663 e. The Bertz CT molecular complexity index is 350. The van der Waals surface area contributed by atoms with Crippen LogP contribution in [0, 0.1) is 11.3 Å². The molecule has 72 valence electrons. The Hall–Kier alpha value is -1.26. The zero-order valence-electron chi connectivity index (χ0n) is 7.91. The standard InChI is InChI=1S/C12H12ClN/c13-10-12-7-4-6-11(9-12)5-2-1-3-8-14/h1-2,4,6-7,9H,3,5,10H2/b2-1+. The van der Waals surface area contributed by atoms with Gasteiger partial charge in [-0.15, -0.1) is 11.6 Å². The highest BCUT2D eigenvalue weighted by atomic mass is 35.5. The first kappa shape index (κ1) is 10.8. The maximum atomic E-state index is 8.33. The Morgan fingerprint density at radius 1 is 1.29 bits per heavy atom. The maximum absolute atomic E-state index is 8.33. The minimum Gasteiger partial charge on any atom is -0.198 e. The summed E-state index contributed by atoms with van der Waals surface area (Å²) in [6.07, 6.45) is 5.24. The van der Waals surface area contributed by atoms with Gasteiger partial charge in [-0.05, 0) is 17.5 Å². The third-order valence-electron chi connectivity index (χ3n) is 1.88. The van der Waals surface area contributed by atoms with Crippen LogP contribution in [0.3, 0.4) is 0 Å². The van der Waals surface area contributed by atoms with Crippen LogP contribution in [0.1, 0.15) is 17.5 Å². The smallest absolute Gasteiger partial charge is 0.0663 e. The van der Waals surface area contributed by atoms with Crippen molar-refractivity contribution in [2.45, 2.75) is 18.7 Å². The molecule has 0 fully saturated rings. The number of alkyl halides is 1. The molecule has 0 aliphatic heterocycles. The predicted molar refractivity (Wildman–Crippen MR) is 59.1 cm³/mol. The van der Waals surface area contributed by atoms with E-state index in [9.17, 15) is 0 Å². The molecule has 0 saturated carbocycles. The molecule has 1 nitrogen and oxygen atoms in total. The molecule has 0 heterocycles. The number of nitriles is 1. The highest BCUT2D eigenvalue weighted by Crippen LogP contribution is 2.08. The quantitative estimate of drug-likeness (QED) is 0.546. The van der Waals surface area contributed by atoms with E-state index in [-0.39, 0.29) is 0 Å². The summed E-state index contributed by atoms with van der Waals surface area (Å²) in [5, 5.41) is 8.33. The lowest BCUT2D eigenvalue weighted by molar-refractivity contribution is 1.22. The number of hydrogen-bond acceptors (Lipinski definition) is 1. The van der Waals surface area contributed by atoms with Gasteiger partial charge in [-0.1, -0.05) is 36.4 Å². The number of benzene rings is 1. The van der Waals surface area contributed by atoms with E-state index in [0.717, 1.165) is 12.0 Å². The highest BCUT2D eigenvalue weighted by molar-refractivity contribution is 6.17. The van der Waals surface area contributed by atoms with Gasteiger partial charge in [0.2, 0.25) is 0 Å². The van der Waals surface area contributed by atoms with E-state index in [4.69, 9.17) is 16.9 Å². The van der Waals surface area contributed by atoms with Crippen LogP contribution in [-0.4, -0.2) is 0 Å². The van der Waals surface area contributed by atoms with Gasteiger partial charge in [0.1, 0.15) is 0 Å². The molecule has 0 spiro atoms. The van der Waals surface area contributed by atoms with E-state index in [1.807, 2.05) is 24.3 Å². The van der Waals surface area contributed by atoms with Crippen molar-refractivity contribution >= 4 is 11.6 Å². The van der Waals surface area contributed by atoms with Crippen molar-refractivity contribution in [2.75, 3.05) is 0 Å². The van der Waals surface area contributed by atoms with E-state index in [2.05, 4.69) is 18.2 Å². The molecule has 0 aromatic heterocycles. The largest absolute Gasteiger partial charge is 0.198 e. The average Bonchev–Trinajstić information content (AvgIpc) is 2.25. The third kappa shape index (κ3) is 3.64. The van der Waals surface area contributed by atoms with E-state index in [1.165, 1.54) is 5.56 Å². The molecule has 0 radical (unpaired) electrons. The first-order chi connectivity index (χ1) is 6.86. The number of halogens is 1. The molecule has 1 rings (SSSR count). The van der Waals surface area contributed by atoms with Gasteiger partial charge in [0.05, 0.1) is 12.5 Å². The van der Waals surface area contributed by atoms with Crippen LogP contribution in [0.25, 0.3) is 0 Å². The summed E-state index contributed by atoms with van der Waals surface area (Å²) in [6.45, 7) is 0. The van der Waals surface area contributed by atoms with Gasteiger partial charge in [-0.25, -0.2) is 0 Å². The van der Waals surface area contributed by atoms with Crippen molar-refractivity contribution in [3.8, 4) is 6.07 Å². The Balaban J connectivity index is 2.55. The molecule has 1 aromatic rings. The van der Waals surface area contributed by atoms with Gasteiger partial charge in [-0.2, -0.15) is 5.26 Å². The van der Waals surface area contributed by atoms with Crippen molar-refractivity contribution in [2.24, 2.45) is 0 Å². The number of rotatable bonds is 4. The summed E-state index contributed by atoms with van der Waals surface area (Å²) in [5.41, 5.74) is 2.37. The zero-order valence-corrected chi connectivity index (χ0v) is 8.67. The minimum absolute atomic E-state index is 0.481. The van der Waals surface area contributed by atoms with Gasteiger partial charge in [0.25, 0.3) is 0 Å². The second kappa shape index (κ2) is 6.23. The summed E-state index contributed by atoms with van der Waals surface area (Å²) in [5.74, 6) is 0.551. The van der Waals surface area contributed by atoms with Crippen molar-refractivity contribution < 1.29 is 0 Å². The van der Waals surface area contributed by atoms with E-state index < -0.39 is 0 Å². The number of nitrogens with zero attached hydrogens (tertiary/aromatic N) is 1. The van der Waals surface area contributed by atoms with Crippen LogP contribution < -0.4 is 0 Å². The molecule has 0 atom stereocenters. The molecule has 0 amide bonds. The fraction of sp³-hybridized carbons (Fsp3) is 0.250. The lowest BCUT2D eigenvalue weighted by Crippen LogP contribution is -1.83. The molecule has 14 heavy (non-hydrogen) atoms. The second-order valence-electron chi connectivity index (χ2n) is 2.99. The summed E-state index contributed by atoms with van der Waals surface area (Å²) in [4.78, 5) is 0. The molecule has 0 unspecified atom stereocenters. The van der Waals surface area contributed by atoms with Crippen LogP contribution in [-0.2, 0) is 12.3 Å². The Morgan fingerprint density at radius 2 is 2.07 bits per heavy atom. The molecule has 2 heteroatoms. The van der Waals surface area contributed by atoms with E-state index in [1.54, 1.807) is 0 Å². The van der Waals surface area contributed by atoms with Gasteiger partial charge in [0, 0.05) is 5.88 Å². The first-order valence-electron chi connectivity index (χ1n) is 4.52. The molecule has 0 saturated heterocycles.